The molecule has 0 bridgehead atoms. The van der Waals surface area contributed by atoms with Crippen LogP contribution in [-0.4, -0.2) is 41.3 Å². The van der Waals surface area contributed by atoms with E-state index in [4.69, 9.17) is 4.74 Å². The Kier molecular flexibility index (Phi) is 3.03. The van der Waals surface area contributed by atoms with E-state index in [1.807, 2.05) is 6.08 Å². The van der Waals surface area contributed by atoms with Crippen LogP contribution in [0.4, 0.5) is 0 Å². The third-order valence-electron chi connectivity index (χ3n) is 3.59. The normalized spacial score (nSPS) is 25.1. The molecule has 0 aliphatic carbocycles. The molecule has 3 nitrogen and oxygen atoms in total. The minimum Gasteiger partial charge on any atom is -0.495 e. The zero-order valence-electron chi connectivity index (χ0n) is 9.70. The molecule has 2 heterocycles. The molecule has 0 aromatic carbocycles. The first kappa shape index (κ1) is 11.0. The Morgan fingerprint density at radius 3 is 2.60 bits per heavy atom. The Bertz CT molecular complexity index is 254. The lowest BCUT2D eigenvalue weighted by molar-refractivity contribution is -0.00595. The summed E-state index contributed by atoms with van der Waals surface area (Å²) in [6.45, 7) is 7.12. The molecule has 1 saturated heterocycles. The highest BCUT2D eigenvalue weighted by molar-refractivity contribution is 5.11. The highest BCUT2D eigenvalue weighted by atomic mass is 16.5. The van der Waals surface area contributed by atoms with Gasteiger partial charge in [0.1, 0.15) is 11.9 Å². The fraction of sp³-hybridized carbons (Fsp3) is 0.833. The Morgan fingerprint density at radius 1 is 1.40 bits per heavy atom. The van der Waals surface area contributed by atoms with E-state index in [0.717, 1.165) is 31.9 Å². The van der Waals surface area contributed by atoms with E-state index in [-0.39, 0.29) is 5.54 Å². The van der Waals surface area contributed by atoms with Crippen LogP contribution in [0.1, 0.15) is 33.1 Å². The standard InChI is InChI=1S/C12H21NO2/c1-12(2,13-7-3-4-8-13)11(14)10-6-5-9-15-10/h6,11,14H,3-5,7-9H2,1-2H3. The molecule has 86 valence electrons. The van der Waals surface area contributed by atoms with Gasteiger partial charge in [0.25, 0.3) is 0 Å². The average molecular weight is 211 g/mol. The van der Waals surface area contributed by atoms with Crippen LogP contribution in [0.5, 0.6) is 0 Å². The van der Waals surface area contributed by atoms with Crippen LogP contribution in [0.3, 0.4) is 0 Å². The summed E-state index contributed by atoms with van der Waals surface area (Å²) in [4.78, 5) is 2.36. The maximum Gasteiger partial charge on any atom is 0.128 e. The van der Waals surface area contributed by atoms with E-state index in [9.17, 15) is 5.11 Å². The first-order chi connectivity index (χ1) is 7.12. The zero-order chi connectivity index (χ0) is 10.9. The lowest BCUT2D eigenvalue weighted by Gasteiger charge is -2.39. The van der Waals surface area contributed by atoms with E-state index in [1.54, 1.807) is 0 Å². The van der Waals surface area contributed by atoms with E-state index < -0.39 is 6.10 Å². The Labute approximate surface area is 91.7 Å². The van der Waals surface area contributed by atoms with Gasteiger partial charge in [0.05, 0.1) is 6.61 Å². The second kappa shape index (κ2) is 4.14. The van der Waals surface area contributed by atoms with Gasteiger partial charge in [-0.15, -0.1) is 0 Å². The minimum atomic E-state index is -0.488. The Morgan fingerprint density at radius 2 is 2.07 bits per heavy atom. The van der Waals surface area contributed by atoms with Crippen LogP contribution in [-0.2, 0) is 4.74 Å². The molecule has 0 aromatic rings. The summed E-state index contributed by atoms with van der Waals surface area (Å²) in [5, 5.41) is 10.3. The van der Waals surface area contributed by atoms with Crippen LogP contribution < -0.4 is 0 Å². The zero-order valence-corrected chi connectivity index (χ0v) is 9.70. The SMILES string of the molecule is CC(C)(C(O)C1=CCCO1)N1CCCC1. The lowest BCUT2D eigenvalue weighted by atomic mass is 9.93. The second-order valence-electron chi connectivity index (χ2n) is 4.99. The van der Waals surface area contributed by atoms with Crippen LogP contribution in [0.2, 0.25) is 0 Å². The van der Waals surface area contributed by atoms with Crippen molar-refractivity contribution in [3.63, 3.8) is 0 Å². The summed E-state index contributed by atoms with van der Waals surface area (Å²) in [5.41, 5.74) is -0.202. The molecule has 0 saturated carbocycles. The smallest absolute Gasteiger partial charge is 0.128 e. The number of rotatable bonds is 3. The van der Waals surface area contributed by atoms with Crippen molar-refractivity contribution < 1.29 is 9.84 Å². The molecule has 2 aliphatic heterocycles. The van der Waals surface area contributed by atoms with Gasteiger partial charge >= 0.3 is 0 Å². The molecule has 2 rings (SSSR count). The fourth-order valence-corrected chi connectivity index (χ4v) is 2.44. The van der Waals surface area contributed by atoms with Crippen molar-refractivity contribution in [1.82, 2.24) is 4.90 Å². The van der Waals surface area contributed by atoms with Crippen molar-refractivity contribution in [2.24, 2.45) is 0 Å². The Hall–Kier alpha value is -0.540. The van der Waals surface area contributed by atoms with Crippen molar-refractivity contribution in [3.05, 3.63) is 11.8 Å². The molecular formula is C12H21NO2. The molecule has 1 fully saturated rings. The largest absolute Gasteiger partial charge is 0.495 e. The van der Waals surface area contributed by atoms with E-state index in [0.29, 0.717) is 0 Å². The summed E-state index contributed by atoms with van der Waals surface area (Å²) < 4.78 is 5.45. The molecule has 1 unspecified atom stereocenters. The summed E-state index contributed by atoms with van der Waals surface area (Å²) in [6, 6.07) is 0. The number of aliphatic hydroxyl groups excluding tert-OH is 1. The maximum absolute atomic E-state index is 10.3. The number of aliphatic hydroxyl groups is 1. The summed E-state index contributed by atoms with van der Waals surface area (Å²) >= 11 is 0. The highest BCUT2D eigenvalue weighted by Gasteiger charge is 2.39. The second-order valence-corrected chi connectivity index (χ2v) is 4.99. The van der Waals surface area contributed by atoms with E-state index >= 15 is 0 Å². The van der Waals surface area contributed by atoms with Crippen LogP contribution >= 0.6 is 0 Å². The predicted octanol–water partition coefficient (Wildman–Crippen LogP) is 1.53. The highest BCUT2D eigenvalue weighted by Crippen LogP contribution is 2.29. The van der Waals surface area contributed by atoms with Gasteiger partial charge in [-0.25, -0.2) is 0 Å². The molecule has 0 radical (unpaired) electrons. The van der Waals surface area contributed by atoms with Crippen molar-refractivity contribution >= 4 is 0 Å². The minimum absolute atomic E-state index is 0.202. The predicted molar refractivity (Wildman–Crippen MR) is 59.5 cm³/mol. The maximum atomic E-state index is 10.3. The molecule has 15 heavy (non-hydrogen) atoms. The van der Waals surface area contributed by atoms with Gasteiger partial charge in [-0.2, -0.15) is 0 Å². The molecular weight excluding hydrogens is 190 g/mol. The molecule has 0 aromatic heterocycles. The molecule has 0 spiro atoms. The third kappa shape index (κ3) is 2.04. The van der Waals surface area contributed by atoms with Gasteiger partial charge in [-0.1, -0.05) is 0 Å². The Balaban J connectivity index is 2.06. The van der Waals surface area contributed by atoms with Gasteiger partial charge in [-0.05, 0) is 45.9 Å². The molecule has 2 aliphatic rings. The monoisotopic (exact) mass is 211 g/mol. The summed E-state index contributed by atoms with van der Waals surface area (Å²) in [5.74, 6) is 0.770. The average Bonchev–Trinajstić information content (AvgIpc) is 2.89. The summed E-state index contributed by atoms with van der Waals surface area (Å²) in [7, 11) is 0. The van der Waals surface area contributed by atoms with Crippen molar-refractivity contribution in [3.8, 4) is 0 Å². The molecule has 0 amide bonds. The van der Waals surface area contributed by atoms with E-state index in [1.165, 1.54) is 12.8 Å². The van der Waals surface area contributed by atoms with Gasteiger partial charge < -0.3 is 9.84 Å². The quantitative estimate of drug-likeness (QED) is 0.768. The first-order valence-corrected chi connectivity index (χ1v) is 5.88. The van der Waals surface area contributed by atoms with Crippen LogP contribution in [0, 0.1) is 0 Å². The lowest BCUT2D eigenvalue weighted by Crippen LogP contribution is -2.51. The van der Waals surface area contributed by atoms with Crippen LogP contribution in [0.25, 0.3) is 0 Å². The first-order valence-electron chi connectivity index (χ1n) is 5.88. The van der Waals surface area contributed by atoms with Gasteiger partial charge in [0.15, 0.2) is 0 Å². The molecule has 3 heteroatoms. The summed E-state index contributed by atoms with van der Waals surface area (Å²) in [6.07, 6.45) is 4.95. The molecule has 1 N–H and O–H groups in total. The van der Waals surface area contributed by atoms with Crippen LogP contribution in [0.15, 0.2) is 11.8 Å². The van der Waals surface area contributed by atoms with Gasteiger partial charge in [0.2, 0.25) is 0 Å². The van der Waals surface area contributed by atoms with Gasteiger partial charge in [-0.3, -0.25) is 4.90 Å². The topological polar surface area (TPSA) is 32.7 Å². The number of likely N-dealkylation sites (tertiary alicyclic amines) is 1. The molecule has 1 atom stereocenters. The number of ether oxygens (including phenoxy) is 1. The van der Waals surface area contributed by atoms with Crippen molar-refractivity contribution in [2.75, 3.05) is 19.7 Å². The van der Waals surface area contributed by atoms with Crippen molar-refractivity contribution in [2.45, 2.75) is 44.8 Å². The fourth-order valence-electron chi connectivity index (χ4n) is 2.44. The van der Waals surface area contributed by atoms with Gasteiger partial charge in [0, 0.05) is 12.0 Å². The van der Waals surface area contributed by atoms with Crippen molar-refractivity contribution in [1.29, 1.82) is 0 Å². The number of nitrogens with zero attached hydrogens (tertiary/aromatic N) is 1. The number of hydrogen-bond acceptors (Lipinski definition) is 3. The van der Waals surface area contributed by atoms with E-state index in [2.05, 4.69) is 18.7 Å². The third-order valence-corrected chi connectivity index (χ3v) is 3.59. The number of hydrogen-bond donors (Lipinski definition) is 1.